The highest BCUT2D eigenvalue weighted by molar-refractivity contribution is 6.32. The molecule has 0 aliphatic rings. The number of anilines is 2. The summed E-state index contributed by atoms with van der Waals surface area (Å²) in [7, 11) is 1.69. The van der Waals surface area contributed by atoms with Gasteiger partial charge in [-0.3, -0.25) is 5.43 Å². The van der Waals surface area contributed by atoms with E-state index in [1.54, 1.807) is 7.11 Å². The van der Waals surface area contributed by atoms with Crippen LogP contribution in [0.15, 0.2) is 6.20 Å². The second-order valence-electron chi connectivity index (χ2n) is 3.16. The molecule has 0 aromatic carbocycles. The molecule has 0 atom stereocenters. The molecule has 1 rings (SSSR count). The zero-order valence-corrected chi connectivity index (χ0v) is 9.92. The number of nitrogens with two attached hydrogens (primary N) is 1. The van der Waals surface area contributed by atoms with Crippen LogP contribution in [0.3, 0.4) is 0 Å². The van der Waals surface area contributed by atoms with Crippen molar-refractivity contribution >= 4 is 23.4 Å². The van der Waals surface area contributed by atoms with Crippen LogP contribution in [0, 0.1) is 0 Å². The van der Waals surface area contributed by atoms with E-state index in [2.05, 4.69) is 20.7 Å². The van der Waals surface area contributed by atoms with Crippen LogP contribution in [0.1, 0.15) is 12.8 Å². The van der Waals surface area contributed by atoms with Crippen molar-refractivity contribution in [2.75, 3.05) is 31.0 Å². The first kappa shape index (κ1) is 13.0. The second-order valence-corrected chi connectivity index (χ2v) is 3.57. The van der Waals surface area contributed by atoms with Gasteiger partial charge >= 0.3 is 0 Å². The van der Waals surface area contributed by atoms with Crippen molar-refractivity contribution in [3.8, 4) is 0 Å². The van der Waals surface area contributed by atoms with Gasteiger partial charge in [-0.2, -0.15) is 4.98 Å². The zero-order chi connectivity index (χ0) is 11.8. The molecule has 16 heavy (non-hydrogen) atoms. The third kappa shape index (κ3) is 4.18. The molecule has 1 aromatic heterocycles. The Morgan fingerprint density at radius 3 is 3.00 bits per heavy atom. The van der Waals surface area contributed by atoms with Crippen molar-refractivity contribution < 1.29 is 4.74 Å². The summed E-state index contributed by atoms with van der Waals surface area (Å²) >= 11 is 5.91. The number of rotatable bonds is 7. The van der Waals surface area contributed by atoms with E-state index in [1.807, 2.05) is 0 Å². The van der Waals surface area contributed by atoms with Crippen LogP contribution in [0.4, 0.5) is 11.8 Å². The van der Waals surface area contributed by atoms with Crippen LogP contribution in [0.25, 0.3) is 0 Å². The van der Waals surface area contributed by atoms with Crippen LogP contribution in [0.2, 0.25) is 5.02 Å². The predicted octanol–water partition coefficient (Wildman–Crippen LogP) is 1.25. The number of nitrogen functional groups attached to an aromatic ring is 1. The lowest BCUT2D eigenvalue weighted by atomic mass is 10.3. The Bertz CT molecular complexity index is 323. The number of methoxy groups -OCH3 is 1. The van der Waals surface area contributed by atoms with E-state index in [0.717, 1.165) is 26.0 Å². The summed E-state index contributed by atoms with van der Waals surface area (Å²) in [6, 6.07) is 0. The van der Waals surface area contributed by atoms with Gasteiger partial charge in [0.15, 0.2) is 5.82 Å². The van der Waals surface area contributed by atoms with Crippen molar-refractivity contribution in [1.82, 2.24) is 9.97 Å². The molecule has 1 heterocycles. The minimum Gasteiger partial charge on any atom is -0.385 e. The number of hydrazine groups is 1. The van der Waals surface area contributed by atoms with Crippen molar-refractivity contribution in [3.05, 3.63) is 11.2 Å². The molecule has 1 aromatic rings. The molecule has 0 spiro atoms. The van der Waals surface area contributed by atoms with Crippen LogP contribution >= 0.6 is 11.6 Å². The van der Waals surface area contributed by atoms with Gasteiger partial charge in [0.1, 0.15) is 5.02 Å². The largest absolute Gasteiger partial charge is 0.385 e. The molecule has 90 valence electrons. The smallest absolute Gasteiger partial charge is 0.239 e. The lowest BCUT2D eigenvalue weighted by molar-refractivity contribution is 0.194. The topological polar surface area (TPSA) is 85.1 Å². The van der Waals surface area contributed by atoms with Crippen molar-refractivity contribution in [2.45, 2.75) is 12.8 Å². The second kappa shape index (κ2) is 7.21. The molecule has 0 saturated heterocycles. The molecule has 0 aliphatic heterocycles. The lowest BCUT2D eigenvalue weighted by Gasteiger charge is -2.08. The molecule has 0 amide bonds. The van der Waals surface area contributed by atoms with Gasteiger partial charge in [-0.1, -0.05) is 11.6 Å². The monoisotopic (exact) mass is 245 g/mol. The number of unbranched alkanes of at least 4 members (excludes halogenated alkanes) is 1. The van der Waals surface area contributed by atoms with Crippen molar-refractivity contribution in [1.29, 1.82) is 0 Å². The van der Waals surface area contributed by atoms with Crippen molar-refractivity contribution in [2.24, 2.45) is 5.84 Å². The summed E-state index contributed by atoms with van der Waals surface area (Å²) in [5.74, 6) is 6.12. The summed E-state index contributed by atoms with van der Waals surface area (Å²) in [4.78, 5) is 7.96. The van der Waals surface area contributed by atoms with Gasteiger partial charge in [-0.15, -0.1) is 0 Å². The van der Waals surface area contributed by atoms with Gasteiger partial charge in [0.2, 0.25) is 5.95 Å². The summed E-state index contributed by atoms with van der Waals surface area (Å²) in [6.07, 6.45) is 3.48. The molecule has 0 fully saturated rings. The number of aromatic nitrogens is 2. The van der Waals surface area contributed by atoms with E-state index in [4.69, 9.17) is 22.2 Å². The Labute approximate surface area is 99.5 Å². The first-order valence-electron chi connectivity index (χ1n) is 5.00. The van der Waals surface area contributed by atoms with E-state index < -0.39 is 0 Å². The molecule has 0 bridgehead atoms. The summed E-state index contributed by atoms with van der Waals surface area (Å²) in [5, 5.41) is 3.59. The highest BCUT2D eigenvalue weighted by Gasteiger charge is 2.03. The van der Waals surface area contributed by atoms with Crippen LogP contribution < -0.4 is 16.6 Å². The van der Waals surface area contributed by atoms with Crippen molar-refractivity contribution in [3.63, 3.8) is 0 Å². The minimum atomic E-state index is 0.337. The van der Waals surface area contributed by atoms with Crippen LogP contribution in [-0.2, 0) is 4.74 Å². The van der Waals surface area contributed by atoms with Gasteiger partial charge in [0, 0.05) is 20.3 Å². The molecule has 6 nitrogen and oxygen atoms in total. The van der Waals surface area contributed by atoms with E-state index in [9.17, 15) is 0 Å². The maximum atomic E-state index is 5.91. The van der Waals surface area contributed by atoms with Gasteiger partial charge in [-0.05, 0) is 12.8 Å². The maximum Gasteiger partial charge on any atom is 0.239 e. The van der Waals surface area contributed by atoms with Gasteiger partial charge in [0.05, 0.1) is 6.20 Å². The fourth-order valence-corrected chi connectivity index (χ4v) is 1.30. The van der Waals surface area contributed by atoms with E-state index in [0.29, 0.717) is 16.8 Å². The third-order valence-corrected chi connectivity index (χ3v) is 2.22. The number of nitrogens with one attached hydrogen (secondary N) is 2. The Balaban J connectivity index is 2.40. The van der Waals surface area contributed by atoms with Crippen LogP contribution in [-0.4, -0.2) is 30.2 Å². The number of ether oxygens (including phenoxy) is 1. The average Bonchev–Trinajstić information content (AvgIpc) is 2.31. The first-order valence-corrected chi connectivity index (χ1v) is 5.37. The molecular weight excluding hydrogens is 230 g/mol. The third-order valence-electron chi connectivity index (χ3n) is 1.94. The number of hydrogen-bond acceptors (Lipinski definition) is 6. The molecule has 7 heteroatoms. The highest BCUT2D eigenvalue weighted by atomic mass is 35.5. The minimum absolute atomic E-state index is 0.337. The van der Waals surface area contributed by atoms with Crippen LogP contribution in [0.5, 0.6) is 0 Å². The Kier molecular flexibility index (Phi) is 5.84. The van der Waals surface area contributed by atoms with E-state index >= 15 is 0 Å². The number of halogens is 1. The molecule has 0 aliphatic carbocycles. The Morgan fingerprint density at radius 2 is 2.31 bits per heavy atom. The molecular formula is C9H16ClN5O. The van der Waals surface area contributed by atoms with E-state index in [-0.39, 0.29) is 0 Å². The summed E-state index contributed by atoms with van der Waals surface area (Å²) in [6.45, 7) is 1.54. The van der Waals surface area contributed by atoms with Gasteiger partial charge in [0.25, 0.3) is 0 Å². The van der Waals surface area contributed by atoms with E-state index in [1.165, 1.54) is 6.20 Å². The quantitative estimate of drug-likeness (QED) is 0.381. The number of hydrogen-bond donors (Lipinski definition) is 3. The Morgan fingerprint density at radius 1 is 1.50 bits per heavy atom. The fraction of sp³-hybridized carbons (Fsp3) is 0.556. The Hall–Kier alpha value is -1.11. The summed E-state index contributed by atoms with van der Waals surface area (Å²) < 4.78 is 4.95. The highest BCUT2D eigenvalue weighted by Crippen LogP contribution is 2.18. The standard InChI is InChI=1S/C9H16ClN5O/c1-16-5-3-2-4-12-8-7(10)6-13-9(14-8)15-11/h6H,2-5,11H2,1H3,(H2,12,13,14,15). The average molecular weight is 246 g/mol. The predicted molar refractivity (Wildman–Crippen MR) is 64.5 cm³/mol. The zero-order valence-electron chi connectivity index (χ0n) is 9.16. The number of nitrogens with zero attached hydrogens (tertiary/aromatic N) is 2. The molecule has 0 radical (unpaired) electrons. The molecule has 4 N–H and O–H groups in total. The van der Waals surface area contributed by atoms with Gasteiger partial charge in [-0.25, -0.2) is 10.8 Å². The maximum absolute atomic E-state index is 5.91. The van der Waals surface area contributed by atoms with Gasteiger partial charge < -0.3 is 10.1 Å². The molecule has 0 saturated carbocycles. The molecule has 0 unspecified atom stereocenters. The first-order chi connectivity index (χ1) is 7.77. The fourth-order valence-electron chi connectivity index (χ4n) is 1.14. The normalized spacial score (nSPS) is 10.2. The SMILES string of the molecule is COCCCCNc1nc(NN)ncc1Cl. The lowest BCUT2D eigenvalue weighted by Crippen LogP contribution is -2.12. The summed E-state index contributed by atoms with van der Waals surface area (Å²) in [5.41, 5.74) is 2.36.